The lowest BCUT2D eigenvalue weighted by molar-refractivity contribution is -0.385. The van der Waals surface area contributed by atoms with Crippen molar-refractivity contribution in [3.05, 3.63) is 128 Å². The minimum Gasteiger partial charge on any atom is -0.508 e. The third-order valence-electron chi connectivity index (χ3n) is 9.43. The van der Waals surface area contributed by atoms with Crippen LogP contribution in [0.2, 0.25) is 0 Å². The zero-order valence-electron chi connectivity index (χ0n) is 30.6. The van der Waals surface area contributed by atoms with Crippen LogP contribution in [0.4, 0.5) is 11.4 Å². The first-order chi connectivity index (χ1) is 25.1. The Balaban J connectivity index is 1.44. The number of ether oxygens (including phenoxy) is 1. The maximum atomic E-state index is 11.2. The van der Waals surface area contributed by atoms with Crippen LogP contribution in [0, 0.1) is 31.6 Å². The molecule has 14 heteroatoms. The molecule has 284 valence electrons. The lowest BCUT2D eigenvalue weighted by atomic mass is 9.87. The highest BCUT2D eigenvalue weighted by Gasteiger charge is 2.36. The molecule has 4 aromatic rings. The molecule has 0 saturated carbocycles. The van der Waals surface area contributed by atoms with E-state index >= 15 is 0 Å². The Morgan fingerprint density at radius 3 is 1.66 bits per heavy atom. The highest BCUT2D eigenvalue weighted by atomic mass is 79.9. The topological polar surface area (TPSA) is 142 Å². The SMILES string of the molecule is CC(COCC(C)(C)C(Br)N(CSc1ccc([N+](=O)[O-])cc1)Cc1ccccc1O)C(C)(C)N(CSc1ccc([N+](=O)[O-])cc1)Cc1ccccc1O. The number of non-ortho nitro benzene ring substituents is 2. The fraction of sp³-hybridized carbons (Fsp3) is 0.385. The number of phenolic OH excluding ortho intramolecular Hbond substituents is 2. The van der Waals surface area contributed by atoms with Crippen LogP contribution in [0.1, 0.15) is 45.7 Å². The van der Waals surface area contributed by atoms with Gasteiger partial charge in [-0.3, -0.25) is 30.0 Å². The van der Waals surface area contributed by atoms with E-state index < -0.39 is 9.85 Å². The standard InChI is InChI=1S/C39H47BrN4O7S2/c1-28(39(4,5)42(23-30-11-7-9-13-36(30)46)27-53-34-20-16-32(17-21-34)44(49)50)24-51-25-38(2,3)37(40)41(22-29-10-6-8-12-35(29)45)26-52-33-18-14-31(15-19-33)43(47)48/h6-21,28,37,45-46H,22-27H2,1-5H3. The van der Waals surface area contributed by atoms with Crippen LogP contribution in [-0.2, 0) is 17.8 Å². The summed E-state index contributed by atoms with van der Waals surface area (Å²) in [6.45, 7) is 12.6. The van der Waals surface area contributed by atoms with Gasteiger partial charge in [0.1, 0.15) is 11.5 Å². The summed E-state index contributed by atoms with van der Waals surface area (Å²) in [4.78, 5) is 27.6. The van der Waals surface area contributed by atoms with Crippen molar-refractivity contribution in [1.29, 1.82) is 0 Å². The number of benzene rings is 4. The van der Waals surface area contributed by atoms with E-state index in [9.17, 15) is 30.4 Å². The summed E-state index contributed by atoms with van der Waals surface area (Å²) in [5, 5.41) is 43.5. The Bertz CT molecular complexity index is 1810. The monoisotopic (exact) mass is 826 g/mol. The molecule has 11 nitrogen and oxygen atoms in total. The van der Waals surface area contributed by atoms with Crippen LogP contribution < -0.4 is 0 Å². The molecule has 0 fully saturated rings. The Labute approximate surface area is 328 Å². The first-order valence-corrected chi connectivity index (χ1v) is 20.0. The lowest BCUT2D eigenvalue weighted by Gasteiger charge is -2.43. The summed E-state index contributed by atoms with van der Waals surface area (Å²) in [6, 6.07) is 27.6. The van der Waals surface area contributed by atoms with Crippen molar-refractivity contribution in [2.45, 2.75) is 68.0 Å². The van der Waals surface area contributed by atoms with E-state index in [0.717, 1.165) is 20.9 Å². The van der Waals surface area contributed by atoms with Crippen molar-refractivity contribution in [2.24, 2.45) is 11.3 Å². The van der Waals surface area contributed by atoms with Crippen LogP contribution in [0.25, 0.3) is 0 Å². The van der Waals surface area contributed by atoms with Crippen molar-refractivity contribution in [3.8, 4) is 11.5 Å². The van der Waals surface area contributed by atoms with E-state index in [0.29, 0.717) is 38.1 Å². The minimum atomic E-state index is -0.412. The number of nitrogens with zero attached hydrogens (tertiary/aromatic N) is 4. The summed E-state index contributed by atoms with van der Waals surface area (Å²) >= 11 is 7.11. The van der Waals surface area contributed by atoms with E-state index in [4.69, 9.17) is 4.74 Å². The molecule has 0 heterocycles. The van der Waals surface area contributed by atoms with E-state index in [1.165, 1.54) is 24.3 Å². The number of hydrogen-bond donors (Lipinski definition) is 2. The van der Waals surface area contributed by atoms with Gasteiger partial charge >= 0.3 is 0 Å². The number of halogens is 1. The number of aromatic hydroxyl groups is 2. The molecule has 0 bridgehead atoms. The normalized spacial score (nSPS) is 13.3. The predicted octanol–water partition coefficient (Wildman–Crippen LogP) is 9.90. The van der Waals surface area contributed by atoms with Gasteiger partial charge < -0.3 is 14.9 Å². The van der Waals surface area contributed by atoms with Gasteiger partial charge in [-0.25, -0.2) is 0 Å². The van der Waals surface area contributed by atoms with Crippen molar-refractivity contribution in [3.63, 3.8) is 0 Å². The Morgan fingerprint density at radius 2 is 1.19 bits per heavy atom. The summed E-state index contributed by atoms with van der Waals surface area (Å²) in [5.41, 5.74) is 0.906. The van der Waals surface area contributed by atoms with Gasteiger partial charge in [0.25, 0.3) is 11.4 Å². The summed E-state index contributed by atoms with van der Waals surface area (Å²) in [7, 11) is 0. The number of phenols is 2. The smallest absolute Gasteiger partial charge is 0.269 e. The van der Waals surface area contributed by atoms with Crippen molar-refractivity contribution >= 4 is 50.8 Å². The third-order valence-corrected chi connectivity index (χ3v) is 13.4. The predicted molar refractivity (Wildman–Crippen MR) is 215 cm³/mol. The van der Waals surface area contributed by atoms with E-state index in [1.807, 2.05) is 24.3 Å². The molecule has 0 saturated heterocycles. The molecular weight excluding hydrogens is 780 g/mol. The van der Waals surface area contributed by atoms with Crippen molar-refractivity contribution < 1.29 is 24.8 Å². The van der Waals surface area contributed by atoms with E-state index in [2.05, 4.69) is 60.3 Å². The van der Waals surface area contributed by atoms with Crippen LogP contribution in [0.3, 0.4) is 0 Å². The van der Waals surface area contributed by atoms with Crippen LogP contribution in [-0.4, -0.2) is 65.3 Å². The third kappa shape index (κ3) is 11.9. The highest BCUT2D eigenvalue weighted by molar-refractivity contribution is 9.09. The second-order valence-electron chi connectivity index (χ2n) is 14.1. The molecule has 0 spiro atoms. The Hall–Kier alpha value is -3.66. The number of alkyl halides is 1. The highest BCUT2D eigenvalue weighted by Crippen LogP contribution is 2.37. The molecule has 0 aliphatic carbocycles. The summed E-state index contributed by atoms with van der Waals surface area (Å²) < 4.78 is 6.49. The van der Waals surface area contributed by atoms with Gasteiger partial charge in [-0.15, -0.1) is 23.5 Å². The second kappa shape index (κ2) is 19.1. The van der Waals surface area contributed by atoms with Crippen molar-refractivity contribution in [1.82, 2.24) is 9.80 Å². The first-order valence-electron chi connectivity index (χ1n) is 17.1. The summed E-state index contributed by atoms with van der Waals surface area (Å²) in [5.74, 6) is 1.62. The van der Waals surface area contributed by atoms with Crippen LogP contribution in [0.15, 0.2) is 107 Å². The molecule has 4 rings (SSSR count). The Morgan fingerprint density at radius 1 is 0.736 bits per heavy atom. The Kier molecular flexibility index (Phi) is 15.2. The van der Waals surface area contributed by atoms with Gasteiger partial charge in [0.15, 0.2) is 0 Å². The molecule has 4 aromatic carbocycles. The number of nitro benzene ring substituents is 2. The number of rotatable bonds is 20. The average molecular weight is 828 g/mol. The lowest BCUT2D eigenvalue weighted by Crippen LogP contribution is -2.50. The largest absolute Gasteiger partial charge is 0.508 e. The number of nitro groups is 2. The molecule has 2 atom stereocenters. The minimum absolute atomic E-state index is 0.0408. The van der Waals surface area contributed by atoms with E-state index in [-0.39, 0.29) is 44.7 Å². The molecule has 0 aliphatic heterocycles. The van der Waals surface area contributed by atoms with Gasteiger partial charge in [0, 0.05) is 69.2 Å². The molecule has 2 N–H and O–H groups in total. The van der Waals surface area contributed by atoms with Crippen molar-refractivity contribution in [2.75, 3.05) is 25.0 Å². The number of para-hydroxylation sites is 2. The van der Waals surface area contributed by atoms with Gasteiger partial charge in [-0.1, -0.05) is 73.1 Å². The second-order valence-corrected chi connectivity index (χ2v) is 17.0. The van der Waals surface area contributed by atoms with Gasteiger partial charge in [-0.05, 0) is 56.2 Å². The van der Waals surface area contributed by atoms with Gasteiger partial charge in [-0.2, -0.15) is 0 Å². The van der Waals surface area contributed by atoms with Crippen LogP contribution in [0.5, 0.6) is 11.5 Å². The molecule has 0 amide bonds. The van der Waals surface area contributed by atoms with Crippen LogP contribution >= 0.6 is 39.5 Å². The quantitative estimate of drug-likeness (QED) is 0.0220. The summed E-state index contributed by atoms with van der Waals surface area (Å²) in [6.07, 6.45) is 0. The zero-order chi connectivity index (χ0) is 38.8. The fourth-order valence-corrected chi connectivity index (χ4v) is 8.09. The molecule has 53 heavy (non-hydrogen) atoms. The molecule has 0 aromatic heterocycles. The molecule has 0 aliphatic rings. The number of hydrogen-bond acceptors (Lipinski definition) is 11. The van der Waals surface area contributed by atoms with E-state index in [1.54, 1.807) is 72.1 Å². The average Bonchev–Trinajstić information content (AvgIpc) is 3.13. The number of thioether (sulfide) groups is 2. The maximum absolute atomic E-state index is 11.2. The zero-order valence-corrected chi connectivity index (χ0v) is 33.8. The molecule has 0 radical (unpaired) electrons. The maximum Gasteiger partial charge on any atom is 0.269 e. The molecular formula is C39H47BrN4O7S2. The van der Waals surface area contributed by atoms with Gasteiger partial charge in [0.2, 0.25) is 0 Å². The fourth-order valence-electron chi connectivity index (χ4n) is 5.54. The van der Waals surface area contributed by atoms with Gasteiger partial charge in [0.05, 0.1) is 39.8 Å². The first kappa shape index (κ1) is 42.1. The molecule has 2 unspecified atom stereocenters.